The van der Waals surface area contributed by atoms with E-state index in [4.69, 9.17) is 10.5 Å². The minimum Gasteiger partial charge on any atom is -0.484 e. The second-order valence-corrected chi connectivity index (χ2v) is 4.90. The Morgan fingerprint density at radius 3 is 2.57 bits per heavy atom. The molecule has 0 aliphatic rings. The molecule has 1 amide bonds. The smallest absolute Gasteiger partial charge is 0.258 e. The summed E-state index contributed by atoms with van der Waals surface area (Å²) in [5.74, 6) is 0.525. The van der Waals surface area contributed by atoms with E-state index in [0.717, 1.165) is 11.1 Å². The van der Waals surface area contributed by atoms with Crippen molar-refractivity contribution in [1.82, 2.24) is 5.32 Å². The largest absolute Gasteiger partial charge is 0.484 e. The Morgan fingerprint density at radius 2 is 1.90 bits per heavy atom. The van der Waals surface area contributed by atoms with Crippen LogP contribution >= 0.6 is 0 Å². The van der Waals surface area contributed by atoms with Crippen LogP contribution in [0.15, 0.2) is 48.5 Å². The van der Waals surface area contributed by atoms with Crippen molar-refractivity contribution in [3.05, 3.63) is 65.2 Å². The number of hydrogen-bond donors (Lipinski definition) is 2. The van der Waals surface area contributed by atoms with E-state index >= 15 is 0 Å². The highest BCUT2D eigenvalue weighted by atomic mass is 16.5. The summed E-state index contributed by atoms with van der Waals surface area (Å²) >= 11 is 0. The summed E-state index contributed by atoms with van der Waals surface area (Å²) in [5.41, 5.74) is 8.81. The Balaban J connectivity index is 1.76. The molecule has 2 rings (SSSR count). The summed E-state index contributed by atoms with van der Waals surface area (Å²) in [6.45, 7) is 3.04. The van der Waals surface area contributed by atoms with Gasteiger partial charge in [-0.05, 0) is 30.2 Å². The van der Waals surface area contributed by atoms with Crippen molar-refractivity contribution in [3.63, 3.8) is 0 Å². The molecule has 2 aromatic rings. The number of ether oxygens (including phenoxy) is 1. The number of rotatable bonds is 6. The van der Waals surface area contributed by atoms with Crippen molar-refractivity contribution in [1.29, 1.82) is 0 Å². The second kappa shape index (κ2) is 7.45. The van der Waals surface area contributed by atoms with Crippen molar-refractivity contribution >= 4 is 5.91 Å². The molecule has 0 saturated heterocycles. The molecule has 0 spiro atoms. The maximum absolute atomic E-state index is 11.7. The van der Waals surface area contributed by atoms with Gasteiger partial charge in [0.25, 0.3) is 5.91 Å². The van der Waals surface area contributed by atoms with Crippen molar-refractivity contribution in [3.8, 4) is 5.75 Å². The molecular weight excluding hydrogens is 264 g/mol. The first-order valence-corrected chi connectivity index (χ1v) is 6.91. The van der Waals surface area contributed by atoms with Crippen LogP contribution in [0.2, 0.25) is 0 Å². The summed E-state index contributed by atoms with van der Waals surface area (Å²) in [7, 11) is 0. The maximum Gasteiger partial charge on any atom is 0.258 e. The van der Waals surface area contributed by atoms with Crippen LogP contribution in [0.5, 0.6) is 5.75 Å². The van der Waals surface area contributed by atoms with Gasteiger partial charge in [-0.2, -0.15) is 0 Å². The summed E-state index contributed by atoms with van der Waals surface area (Å²) in [6, 6.07) is 15.4. The molecule has 0 aromatic heterocycles. The number of hydrogen-bond acceptors (Lipinski definition) is 3. The van der Waals surface area contributed by atoms with Crippen LogP contribution in [0, 0.1) is 6.92 Å². The van der Waals surface area contributed by atoms with Gasteiger partial charge in [0.05, 0.1) is 0 Å². The maximum atomic E-state index is 11.7. The van der Waals surface area contributed by atoms with E-state index in [0.29, 0.717) is 18.8 Å². The molecule has 0 aliphatic carbocycles. The number of nitrogens with one attached hydrogen (secondary N) is 1. The first-order valence-electron chi connectivity index (χ1n) is 6.91. The van der Waals surface area contributed by atoms with Gasteiger partial charge in [-0.1, -0.05) is 42.0 Å². The van der Waals surface area contributed by atoms with Gasteiger partial charge in [-0.15, -0.1) is 0 Å². The van der Waals surface area contributed by atoms with Gasteiger partial charge in [0.15, 0.2) is 6.61 Å². The molecular formula is C17H20N2O2. The lowest BCUT2D eigenvalue weighted by atomic mass is 10.1. The van der Waals surface area contributed by atoms with E-state index in [2.05, 4.69) is 5.32 Å². The number of amides is 1. The molecule has 4 heteroatoms. The fraction of sp³-hybridized carbons (Fsp3) is 0.235. The van der Waals surface area contributed by atoms with Crippen LogP contribution in [0.25, 0.3) is 0 Å². The molecule has 0 fully saturated rings. The predicted octanol–water partition coefficient (Wildman–Crippen LogP) is 2.15. The number of carbonyl (C=O) groups excluding carboxylic acids is 1. The van der Waals surface area contributed by atoms with E-state index in [9.17, 15) is 4.79 Å². The number of aryl methyl sites for hydroxylation is 1. The Morgan fingerprint density at radius 1 is 1.14 bits per heavy atom. The van der Waals surface area contributed by atoms with Crippen LogP contribution in [0.4, 0.5) is 0 Å². The third-order valence-electron chi connectivity index (χ3n) is 3.10. The fourth-order valence-electron chi connectivity index (χ4n) is 1.94. The quantitative estimate of drug-likeness (QED) is 0.854. The van der Waals surface area contributed by atoms with Gasteiger partial charge in [0.1, 0.15) is 5.75 Å². The molecule has 0 aliphatic heterocycles. The van der Waals surface area contributed by atoms with Gasteiger partial charge in [-0.25, -0.2) is 0 Å². The average Bonchev–Trinajstić information content (AvgIpc) is 2.51. The highest BCUT2D eigenvalue weighted by Crippen LogP contribution is 2.11. The highest BCUT2D eigenvalue weighted by molar-refractivity contribution is 5.77. The molecule has 0 saturated carbocycles. The van der Waals surface area contributed by atoms with E-state index in [-0.39, 0.29) is 12.5 Å². The van der Waals surface area contributed by atoms with E-state index < -0.39 is 0 Å². The van der Waals surface area contributed by atoms with Crippen LogP contribution < -0.4 is 15.8 Å². The Kier molecular flexibility index (Phi) is 5.35. The number of benzene rings is 2. The summed E-state index contributed by atoms with van der Waals surface area (Å²) < 4.78 is 5.43. The van der Waals surface area contributed by atoms with E-state index in [1.165, 1.54) is 5.56 Å². The molecule has 21 heavy (non-hydrogen) atoms. The van der Waals surface area contributed by atoms with Crippen molar-refractivity contribution in [2.24, 2.45) is 5.73 Å². The molecule has 3 N–H and O–H groups in total. The molecule has 2 aromatic carbocycles. The van der Waals surface area contributed by atoms with E-state index in [1.54, 1.807) is 0 Å². The van der Waals surface area contributed by atoms with Crippen LogP contribution in [0.3, 0.4) is 0 Å². The normalized spacial score (nSPS) is 10.2. The van der Waals surface area contributed by atoms with Gasteiger partial charge in [0.2, 0.25) is 0 Å². The van der Waals surface area contributed by atoms with Crippen molar-refractivity contribution in [2.75, 3.05) is 6.61 Å². The fourth-order valence-corrected chi connectivity index (χ4v) is 1.94. The summed E-state index contributed by atoms with van der Waals surface area (Å²) in [6.07, 6.45) is 0. The van der Waals surface area contributed by atoms with Crippen molar-refractivity contribution < 1.29 is 9.53 Å². The molecule has 110 valence electrons. The van der Waals surface area contributed by atoms with Crippen LogP contribution in [0.1, 0.15) is 16.7 Å². The lowest BCUT2D eigenvalue weighted by Crippen LogP contribution is -2.28. The monoisotopic (exact) mass is 284 g/mol. The molecule has 0 atom stereocenters. The first-order chi connectivity index (χ1) is 10.2. The molecule has 0 heterocycles. The minimum atomic E-state index is -0.139. The zero-order chi connectivity index (χ0) is 15.1. The Hall–Kier alpha value is -2.33. The number of nitrogens with two attached hydrogens (primary N) is 1. The zero-order valence-electron chi connectivity index (χ0n) is 12.1. The predicted molar refractivity (Wildman–Crippen MR) is 82.9 cm³/mol. The number of carbonyl (C=O) groups is 1. The lowest BCUT2D eigenvalue weighted by Gasteiger charge is -2.08. The Labute approximate surface area is 124 Å². The average molecular weight is 284 g/mol. The van der Waals surface area contributed by atoms with Crippen LogP contribution in [-0.4, -0.2) is 12.5 Å². The van der Waals surface area contributed by atoms with Gasteiger partial charge in [0, 0.05) is 13.1 Å². The Bertz CT molecular complexity index is 594. The van der Waals surface area contributed by atoms with Crippen molar-refractivity contribution in [2.45, 2.75) is 20.0 Å². The first kappa shape index (κ1) is 15.1. The SMILES string of the molecule is Cc1cccc(CNC(=O)COc2ccc(CN)cc2)c1. The lowest BCUT2D eigenvalue weighted by molar-refractivity contribution is -0.123. The molecule has 0 bridgehead atoms. The van der Waals surface area contributed by atoms with E-state index in [1.807, 2.05) is 55.5 Å². The summed E-state index contributed by atoms with van der Waals surface area (Å²) in [5, 5.41) is 2.84. The van der Waals surface area contributed by atoms with Gasteiger partial charge < -0.3 is 15.8 Å². The molecule has 4 nitrogen and oxygen atoms in total. The van der Waals surface area contributed by atoms with Crippen LogP contribution in [-0.2, 0) is 17.9 Å². The second-order valence-electron chi connectivity index (χ2n) is 4.90. The topological polar surface area (TPSA) is 64.3 Å². The third kappa shape index (κ3) is 4.93. The molecule has 0 unspecified atom stereocenters. The molecule has 0 radical (unpaired) electrons. The standard InChI is InChI=1S/C17H20N2O2/c1-13-3-2-4-15(9-13)11-19-17(20)12-21-16-7-5-14(10-18)6-8-16/h2-9H,10-12,18H2,1H3,(H,19,20). The van der Waals surface area contributed by atoms with Gasteiger partial charge >= 0.3 is 0 Å². The summed E-state index contributed by atoms with van der Waals surface area (Å²) in [4.78, 5) is 11.7. The third-order valence-corrected chi connectivity index (χ3v) is 3.10. The van der Waals surface area contributed by atoms with Gasteiger partial charge in [-0.3, -0.25) is 4.79 Å². The minimum absolute atomic E-state index is 0.00773. The zero-order valence-corrected chi connectivity index (χ0v) is 12.1. The highest BCUT2D eigenvalue weighted by Gasteiger charge is 2.03.